The summed E-state index contributed by atoms with van der Waals surface area (Å²) in [5.74, 6) is -1.05. The molecule has 1 amide bonds. The number of benzene rings is 1. The quantitative estimate of drug-likeness (QED) is 0.628. The van der Waals surface area contributed by atoms with Crippen molar-refractivity contribution >= 4 is 39.1 Å². The number of anilines is 1. The van der Waals surface area contributed by atoms with Crippen LogP contribution in [-0.2, 0) is 24.1 Å². The number of thiophene rings is 1. The van der Waals surface area contributed by atoms with Crippen molar-refractivity contribution in [1.29, 1.82) is 0 Å². The summed E-state index contributed by atoms with van der Waals surface area (Å²) in [6.45, 7) is 4.42. The van der Waals surface area contributed by atoms with Gasteiger partial charge in [-0.05, 0) is 57.2 Å². The van der Waals surface area contributed by atoms with Gasteiger partial charge in [-0.15, -0.1) is 11.3 Å². The van der Waals surface area contributed by atoms with Crippen LogP contribution >= 0.6 is 11.3 Å². The number of esters is 1. The molecule has 0 atom stereocenters. The molecule has 3 aromatic rings. The number of aryl methyl sites for hydroxylation is 2. The third kappa shape index (κ3) is 3.52. The topological polar surface area (TPSA) is 90.3 Å². The van der Waals surface area contributed by atoms with Gasteiger partial charge < -0.3 is 10.1 Å². The fourth-order valence-corrected chi connectivity index (χ4v) is 5.14. The molecule has 0 radical (unpaired) electrons. The summed E-state index contributed by atoms with van der Waals surface area (Å²) in [7, 11) is 0. The van der Waals surface area contributed by atoms with E-state index in [1.165, 1.54) is 11.3 Å². The van der Waals surface area contributed by atoms with Crippen LogP contribution in [0.4, 0.5) is 5.00 Å². The molecular formula is C22H23N3O4S. The monoisotopic (exact) mass is 425 g/mol. The van der Waals surface area contributed by atoms with Gasteiger partial charge in [-0.1, -0.05) is 12.1 Å². The molecule has 0 fully saturated rings. The molecule has 0 aliphatic heterocycles. The highest BCUT2D eigenvalue weighted by atomic mass is 32.1. The molecule has 2 aromatic heterocycles. The first kappa shape index (κ1) is 20.3. The Labute approximate surface area is 177 Å². The molecule has 1 N–H and O–H groups in total. The van der Waals surface area contributed by atoms with E-state index >= 15 is 0 Å². The van der Waals surface area contributed by atoms with E-state index in [-0.39, 0.29) is 12.3 Å². The van der Waals surface area contributed by atoms with Gasteiger partial charge in [0.25, 0.3) is 5.91 Å². The Morgan fingerprint density at radius 1 is 1.20 bits per heavy atom. The van der Waals surface area contributed by atoms with Crippen molar-refractivity contribution in [3.8, 4) is 0 Å². The molecule has 0 spiro atoms. The number of nitrogens with one attached hydrogen (secondary N) is 1. The SMILES string of the molecule is CCOC(=O)c1c(NC(=O)c2nn(CC)c3ccccc3c2=O)sc2c1CCCC2. The van der Waals surface area contributed by atoms with Gasteiger partial charge >= 0.3 is 5.97 Å². The Morgan fingerprint density at radius 3 is 2.73 bits per heavy atom. The summed E-state index contributed by atoms with van der Waals surface area (Å²) < 4.78 is 6.87. The fraction of sp³-hybridized carbons (Fsp3) is 0.364. The average Bonchev–Trinajstić information content (AvgIpc) is 3.12. The first-order valence-corrected chi connectivity index (χ1v) is 11.0. The van der Waals surface area contributed by atoms with Crippen LogP contribution in [0.3, 0.4) is 0 Å². The molecule has 0 unspecified atom stereocenters. The van der Waals surface area contributed by atoms with E-state index in [1.54, 1.807) is 29.8 Å². The third-order valence-electron chi connectivity index (χ3n) is 5.26. The number of hydrogen-bond acceptors (Lipinski definition) is 6. The Hall–Kier alpha value is -3.00. The maximum Gasteiger partial charge on any atom is 0.341 e. The molecule has 0 bridgehead atoms. The molecule has 30 heavy (non-hydrogen) atoms. The summed E-state index contributed by atoms with van der Waals surface area (Å²) in [5, 5.41) is 7.94. The highest BCUT2D eigenvalue weighted by molar-refractivity contribution is 7.17. The highest BCUT2D eigenvalue weighted by Crippen LogP contribution is 2.38. The standard InChI is InChI=1S/C22H23N3O4S/c1-3-25-15-11-7-5-9-13(15)19(26)18(24-25)20(27)23-21-17(22(28)29-4-2)14-10-6-8-12-16(14)30-21/h5,7,9,11H,3-4,6,8,10,12H2,1-2H3,(H,23,27). The number of fused-ring (bicyclic) bond motifs is 2. The van der Waals surface area contributed by atoms with Crippen molar-refractivity contribution in [1.82, 2.24) is 9.78 Å². The zero-order chi connectivity index (χ0) is 21.3. The summed E-state index contributed by atoms with van der Waals surface area (Å²) in [6, 6.07) is 7.09. The van der Waals surface area contributed by atoms with Gasteiger partial charge in [-0.3, -0.25) is 14.3 Å². The number of aromatic nitrogens is 2. The maximum absolute atomic E-state index is 13.1. The van der Waals surface area contributed by atoms with Gasteiger partial charge in [0, 0.05) is 16.8 Å². The van der Waals surface area contributed by atoms with E-state index in [2.05, 4.69) is 10.4 Å². The van der Waals surface area contributed by atoms with Crippen molar-refractivity contribution in [2.24, 2.45) is 0 Å². The number of carbonyl (C=O) groups excluding carboxylic acids is 2. The van der Waals surface area contributed by atoms with E-state index in [1.807, 2.05) is 13.0 Å². The average molecular weight is 426 g/mol. The summed E-state index contributed by atoms with van der Waals surface area (Å²) in [4.78, 5) is 39.7. The summed E-state index contributed by atoms with van der Waals surface area (Å²) in [6.07, 6.45) is 3.71. The van der Waals surface area contributed by atoms with Crippen molar-refractivity contribution in [2.75, 3.05) is 11.9 Å². The minimum absolute atomic E-state index is 0.184. The number of para-hydroxylation sites is 1. The molecule has 156 valence electrons. The van der Waals surface area contributed by atoms with Gasteiger partial charge in [-0.2, -0.15) is 5.10 Å². The smallest absolute Gasteiger partial charge is 0.341 e. The van der Waals surface area contributed by atoms with Crippen LogP contribution in [0.5, 0.6) is 0 Å². The van der Waals surface area contributed by atoms with Crippen molar-refractivity contribution in [2.45, 2.75) is 46.1 Å². The number of nitrogens with zero attached hydrogens (tertiary/aromatic N) is 2. The fourth-order valence-electron chi connectivity index (χ4n) is 3.86. The molecule has 4 rings (SSSR count). The second-order valence-corrected chi connectivity index (χ2v) is 8.21. The Morgan fingerprint density at radius 2 is 1.97 bits per heavy atom. The lowest BCUT2D eigenvalue weighted by atomic mass is 9.95. The van der Waals surface area contributed by atoms with Gasteiger partial charge in [0.2, 0.25) is 5.43 Å². The van der Waals surface area contributed by atoms with Crippen LogP contribution in [0.25, 0.3) is 10.9 Å². The first-order valence-electron chi connectivity index (χ1n) is 10.2. The molecule has 1 aliphatic carbocycles. The minimum atomic E-state index is -0.614. The van der Waals surface area contributed by atoms with E-state index in [0.717, 1.165) is 36.1 Å². The van der Waals surface area contributed by atoms with Crippen LogP contribution in [0.1, 0.15) is 58.0 Å². The molecule has 1 aromatic carbocycles. The van der Waals surface area contributed by atoms with E-state index in [4.69, 9.17) is 4.74 Å². The van der Waals surface area contributed by atoms with E-state index in [9.17, 15) is 14.4 Å². The van der Waals surface area contributed by atoms with Gasteiger partial charge in [-0.25, -0.2) is 4.79 Å². The molecule has 0 saturated heterocycles. The molecule has 7 nitrogen and oxygen atoms in total. The van der Waals surface area contributed by atoms with Crippen LogP contribution in [0.2, 0.25) is 0 Å². The largest absolute Gasteiger partial charge is 0.462 e. The number of hydrogen-bond donors (Lipinski definition) is 1. The molecule has 1 aliphatic rings. The Balaban J connectivity index is 1.76. The molecule has 2 heterocycles. The summed E-state index contributed by atoms with van der Waals surface area (Å²) >= 11 is 1.39. The van der Waals surface area contributed by atoms with Crippen LogP contribution in [0, 0.1) is 0 Å². The van der Waals surface area contributed by atoms with Gasteiger partial charge in [0.15, 0.2) is 5.69 Å². The first-order chi connectivity index (χ1) is 14.5. The number of rotatable bonds is 5. The Bertz CT molecular complexity index is 1200. The number of carbonyl (C=O) groups is 2. The summed E-state index contributed by atoms with van der Waals surface area (Å²) in [5.41, 5.74) is 1.45. The van der Waals surface area contributed by atoms with Crippen molar-refractivity contribution in [3.05, 3.63) is 56.2 Å². The van der Waals surface area contributed by atoms with Crippen LogP contribution in [-0.4, -0.2) is 28.3 Å². The number of ether oxygens (including phenoxy) is 1. The lowest BCUT2D eigenvalue weighted by Gasteiger charge is -2.12. The number of amides is 1. The predicted molar refractivity (Wildman–Crippen MR) is 117 cm³/mol. The van der Waals surface area contributed by atoms with Gasteiger partial charge in [0.05, 0.1) is 17.7 Å². The van der Waals surface area contributed by atoms with E-state index in [0.29, 0.717) is 28.0 Å². The normalized spacial score (nSPS) is 13.1. The van der Waals surface area contributed by atoms with Gasteiger partial charge in [0.1, 0.15) is 5.00 Å². The van der Waals surface area contributed by atoms with Crippen LogP contribution in [0.15, 0.2) is 29.1 Å². The molecule has 0 saturated carbocycles. The molecular weight excluding hydrogens is 402 g/mol. The zero-order valence-electron chi connectivity index (χ0n) is 17.0. The Kier molecular flexibility index (Phi) is 5.67. The second-order valence-electron chi connectivity index (χ2n) is 7.10. The zero-order valence-corrected chi connectivity index (χ0v) is 17.8. The molecule has 8 heteroatoms. The van der Waals surface area contributed by atoms with E-state index < -0.39 is 17.3 Å². The maximum atomic E-state index is 13.1. The van der Waals surface area contributed by atoms with Crippen molar-refractivity contribution < 1.29 is 14.3 Å². The lowest BCUT2D eigenvalue weighted by Crippen LogP contribution is -2.27. The highest BCUT2D eigenvalue weighted by Gasteiger charge is 2.28. The second kappa shape index (κ2) is 8.39. The third-order valence-corrected chi connectivity index (χ3v) is 6.46. The predicted octanol–water partition coefficient (Wildman–Crippen LogP) is 3.79. The van der Waals surface area contributed by atoms with Crippen molar-refractivity contribution in [3.63, 3.8) is 0 Å². The lowest BCUT2D eigenvalue weighted by molar-refractivity contribution is 0.0526. The van der Waals surface area contributed by atoms with Crippen LogP contribution < -0.4 is 10.7 Å². The minimum Gasteiger partial charge on any atom is -0.462 e.